The summed E-state index contributed by atoms with van der Waals surface area (Å²) in [7, 11) is 4.51. The number of carbonyl (C=O) groups is 1. The highest BCUT2D eigenvalue weighted by Gasteiger charge is 2.43. The molecule has 0 bridgehead atoms. The van der Waals surface area contributed by atoms with Crippen molar-refractivity contribution in [3.63, 3.8) is 0 Å². The maximum Gasteiger partial charge on any atom is 0.410 e. The van der Waals surface area contributed by atoms with Crippen molar-refractivity contribution < 1.29 is 33.6 Å². The van der Waals surface area contributed by atoms with Crippen molar-refractivity contribution in [1.29, 1.82) is 0 Å². The van der Waals surface area contributed by atoms with Crippen molar-refractivity contribution >= 4 is 6.09 Å². The van der Waals surface area contributed by atoms with Gasteiger partial charge in [-0.15, -0.1) is 0 Å². The van der Waals surface area contributed by atoms with Crippen molar-refractivity contribution in [2.75, 3.05) is 34.7 Å². The van der Waals surface area contributed by atoms with Crippen molar-refractivity contribution in [3.8, 4) is 39.9 Å². The minimum Gasteiger partial charge on any atom is -0.504 e. The second kappa shape index (κ2) is 6.37. The summed E-state index contributed by atoms with van der Waals surface area (Å²) in [5, 5.41) is 10.3. The van der Waals surface area contributed by atoms with E-state index in [9.17, 15) is 9.90 Å². The minimum absolute atomic E-state index is 0.0534. The zero-order chi connectivity index (χ0) is 20.3. The SMILES string of the molecule is COC(=O)N1CCc2c(OC)c3c(c4c2[C@H]1Cc1cc(O)c(OC)cc1-4)OCO3. The number of nitrogens with zero attached hydrogens (tertiary/aromatic N) is 1. The van der Waals surface area contributed by atoms with Gasteiger partial charge in [-0.05, 0) is 41.7 Å². The number of carbonyl (C=O) groups excluding carboxylic acids is 1. The van der Waals surface area contributed by atoms with Crippen molar-refractivity contribution in [3.05, 3.63) is 28.8 Å². The van der Waals surface area contributed by atoms with Crippen LogP contribution in [0.15, 0.2) is 12.1 Å². The molecule has 1 N–H and O–H groups in total. The van der Waals surface area contributed by atoms with Crippen LogP contribution in [0.1, 0.15) is 22.7 Å². The predicted octanol–water partition coefficient (Wildman–Crippen LogP) is 3.03. The summed E-state index contributed by atoms with van der Waals surface area (Å²) in [5.41, 5.74) is 4.62. The molecule has 0 fully saturated rings. The second-order valence-electron chi connectivity index (χ2n) is 7.18. The van der Waals surface area contributed by atoms with Crippen LogP contribution in [0, 0.1) is 0 Å². The highest BCUT2D eigenvalue weighted by Crippen LogP contribution is 2.59. The number of rotatable bonds is 2. The molecule has 2 aromatic rings. The Hall–Kier alpha value is -3.29. The summed E-state index contributed by atoms with van der Waals surface area (Å²) in [4.78, 5) is 14.2. The van der Waals surface area contributed by atoms with Gasteiger partial charge in [0.2, 0.25) is 12.5 Å². The first-order valence-electron chi connectivity index (χ1n) is 9.36. The summed E-state index contributed by atoms with van der Waals surface area (Å²) in [6, 6.07) is 3.24. The smallest absolute Gasteiger partial charge is 0.410 e. The molecule has 152 valence electrons. The molecule has 5 rings (SSSR count). The van der Waals surface area contributed by atoms with E-state index in [1.165, 1.54) is 14.2 Å². The van der Waals surface area contributed by atoms with Gasteiger partial charge in [-0.1, -0.05) is 0 Å². The Bertz CT molecular complexity index is 1030. The molecule has 0 aromatic heterocycles. The van der Waals surface area contributed by atoms with E-state index in [4.69, 9.17) is 23.7 Å². The van der Waals surface area contributed by atoms with Gasteiger partial charge in [-0.3, -0.25) is 0 Å². The monoisotopic (exact) mass is 399 g/mol. The van der Waals surface area contributed by atoms with Crippen LogP contribution in [0.3, 0.4) is 0 Å². The molecule has 3 aliphatic rings. The van der Waals surface area contributed by atoms with Gasteiger partial charge in [0.05, 0.1) is 27.4 Å². The lowest BCUT2D eigenvalue weighted by Gasteiger charge is -2.41. The van der Waals surface area contributed by atoms with Gasteiger partial charge in [0.25, 0.3) is 0 Å². The van der Waals surface area contributed by atoms with Crippen molar-refractivity contribution in [2.24, 2.45) is 0 Å². The lowest BCUT2D eigenvalue weighted by Crippen LogP contribution is -2.42. The van der Waals surface area contributed by atoms with Gasteiger partial charge < -0.3 is 33.7 Å². The van der Waals surface area contributed by atoms with Gasteiger partial charge in [-0.2, -0.15) is 0 Å². The Labute approximate surface area is 167 Å². The van der Waals surface area contributed by atoms with E-state index in [0.29, 0.717) is 42.4 Å². The highest BCUT2D eigenvalue weighted by molar-refractivity contribution is 5.88. The first kappa shape index (κ1) is 17.8. The van der Waals surface area contributed by atoms with Crippen LogP contribution in [0.2, 0.25) is 0 Å². The zero-order valence-corrected chi connectivity index (χ0v) is 16.4. The molecule has 29 heavy (non-hydrogen) atoms. The van der Waals surface area contributed by atoms with Crippen molar-refractivity contribution in [1.82, 2.24) is 4.90 Å². The number of hydrogen-bond donors (Lipinski definition) is 1. The van der Waals surface area contributed by atoms with Crippen LogP contribution in [0.4, 0.5) is 4.79 Å². The number of benzene rings is 2. The topological polar surface area (TPSA) is 86.7 Å². The van der Waals surface area contributed by atoms with Crippen LogP contribution >= 0.6 is 0 Å². The maximum atomic E-state index is 12.5. The van der Waals surface area contributed by atoms with Gasteiger partial charge in [-0.25, -0.2) is 4.79 Å². The fraction of sp³-hybridized carbons (Fsp3) is 0.381. The Kier molecular flexibility index (Phi) is 3.90. The number of hydrogen-bond acceptors (Lipinski definition) is 7. The molecule has 8 nitrogen and oxygen atoms in total. The lowest BCUT2D eigenvalue weighted by molar-refractivity contribution is 0.0999. The van der Waals surface area contributed by atoms with E-state index in [0.717, 1.165) is 27.8 Å². The number of phenolic OH excluding ortho intramolecular Hbond substituents is 1. The summed E-state index contributed by atoms with van der Waals surface area (Å²) < 4.78 is 27.7. The molecule has 1 atom stereocenters. The van der Waals surface area contributed by atoms with Crippen LogP contribution in [-0.4, -0.2) is 50.8 Å². The highest BCUT2D eigenvalue weighted by atomic mass is 16.7. The molecule has 2 heterocycles. The molecular formula is C21H21NO7. The van der Waals surface area contributed by atoms with Gasteiger partial charge in [0.1, 0.15) is 0 Å². The summed E-state index contributed by atoms with van der Waals surface area (Å²) in [5.74, 6) is 2.25. The third-order valence-corrected chi connectivity index (χ3v) is 5.93. The van der Waals surface area contributed by atoms with E-state index < -0.39 is 0 Å². The third-order valence-electron chi connectivity index (χ3n) is 5.93. The normalized spacial score (nSPS) is 18.0. The van der Waals surface area contributed by atoms with Crippen LogP contribution in [-0.2, 0) is 17.6 Å². The van der Waals surface area contributed by atoms with Crippen LogP contribution < -0.4 is 18.9 Å². The molecule has 0 unspecified atom stereocenters. The average molecular weight is 399 g/mol. The molecule has 0 spiro atoms. The second-order valence-corrected chi connectivity index (χ2v) is 7.18. The fourth-order valence-corrected chi connectivity index (χ4v) is 4.74. The number of amides is 1. The molecule has 0 saturated heterocycles. The van der Waals surface area contributed by atoms with E-state index in [-0.39, 0.29) is 24.7 Å². The Morgan fingerprint density at radius 1 is 1.17 bits per heavy atom. The number of ether oxygens (including phenoxy) is 5. The summed E-state index contributed by atoms with van der Waals surface area (Å²) in [6.45, 7) is 0.592. The van der Waals surface area contributed by atoms with Gasteiger partial charge >= 0.3 is 6.09 Å². The van der Waals surface area contributed by atoms with E-state index in [2.05, 4.69) is 0 Å². The molecule has 8 heteroatoms. The number of aromatic hydroxyl groups is 1. The van der Waals surface area contributed by atoms with E-state index in [1.54, 1.807) is 18.1 Å². The van der Waals surface area contributed by atoms with Gasteiger partial charge in [0.15, 0.2) is 23.0 Å². The first-order valence-corrected chi connectivity index (χ1v) is 9.36. The van der Waals surface area contributed by atoms with Gasteiger partial charge in [0, 0.05) is 17.7 Å². The third kappa shape index (κ3) is 2.35. The lowest BCUT2D eigenvalue weighted by atomic mass is 9.76. The quantitative estimate of drug-likeness (QED) is 0.831. The number of phenols is 1. The fourth-order valence-electron chi connectivity index (χ4n) is 4.74. The maximum absolute atomic E-state index is 12.5. The summed E-state index contributed by atoms with van der Waals surface area (Å²) >= 11 is 0. The zero-order valence-electron chi connectivity index (χ0n) is 16.4. The molecule has 2 aromatic carbocycles. The summed E-state index contributed by atoms with van der Waals surface area (Å²) in [6.07, 6.45) is 0.757. The Morgan fingerprint density at radius 3 is 2.69 bits per heavy atom. The number of methoxy groups -OCH3 is 3. The Morgan fingerprint density at radius 2 is 1.97 bits per heavy atom. The number of fused-ring (bicyclic) bond motifs is 4. The van der Waals surface area contributed by atoms with E-state index in [1.807, 2.05) is 6.07 Å². The van der Waals surface area contributed by atoms with Crippen LogP contribution in [0.25, 0.3) is 11.1 Å². The Balaban J connectivity index is 1.84. The standard InChI is InChI=1S/C21H21NO7/c1-25-15-8-12-10(7-14(15)23)6-13-16-11(4-5-22(13)21(24)27-3)18(26-2)20-19(17(12)16)28-9-29-20/h7-8,13,23H,4-6,9H2,1-3H3/t13-/m1/s1. The molecule has 1 aliphatic carbocycles. The average Bonchev–Trinajstić information content (AvgIpc) is 3.22. The first-order chi connectivity index (χ1) is 14.1. The minimum atomic E-state index is -0.385. The molecular weight excluding hydrogens is 378 g/mol. The molecule has 2 aliphatic heterocycles. The molecule has 0 saturated carbocycles. The van der Waals surface area contributed by atoms with Crippen LogP contribution in [0.5, 0.6) is 28.7 Å². The molecule has 1 amide bonds. The largest absolute Gasteiger partial charge is 0.504 e. The predicted molar refractivity (Wildman–Crippen MR) is 102 cm³/mol. The van der Waals surface area contributed by atoms with E-state index >= 15 is 0 Å². The molecule has 0 radical (unpaired) electrons. The van der Waals surface area contributed by atoms with Crippen molar-refractivity contribution in [2.45, 2.75) is 18.9 Å².